The maximum Gasteiger partial charge on any atom is 0.195 e. The molecule has 1 aromatic rings. The van der Waals surface area contributed by atoms with E-state index < -0.39 is 0 Å². The van der Waals surface area contributed by atoms with Crippen LogP contribution in [0, 0.1) is 5.92 Å². The third-order valence-corrected chi connectivity index (χ3v) is 3.88. The van der Waals surface area contributed by atoms with Gasteiger partial charge in [0.05, 0.1) is 12.2 Å². The van der Waals surface area contributed by atoms with Crippen molar-refractivity contribution in [1.82, 2.24) is 0 Å². The van der Waals surface area contributed by atoms with E-state index in [4.69, 9.17) is 21.1 Å². The van der Waals surface area contributed by atoms with Gasteiger partial charge in [0.15, 0.2) is 5.78 Å². The molecular formula is C14H15ClO3. The lowest BCUT2D eigenvalue weighted by Gasteiger charge is -2.15. The number of hydrogen-bond donors (Lipinski definition) is 0. The van der Waals surface area contributed by atoms with Crippen LogP contribution in [0.5, 0.6) is 5.75 Å². The molecule has 2 aliphatic rings. The van der Waals surface area contributed by atoms with Crippen molar-refractivity contribution in [1.29, 1.82) is 0 Å². The van der Waals surface area contributed by atoms with Crippen LogP contribution in [-0.4, -0.2) is 25.1 Å². The minimum atomic E-state index is -0.350. The van der Waals surface area contributed by atoms with E-state index in [1.165, 1.54) is 0 Å². The Labute approximate surface area is 111 Å². The summed E-state index contributed by atoms with van der Waals surface area (Å²) in [5, 5.41) is 0.591. The van der Waals surface area contributed by atoms with Crippen LogP contribution in [0.25, 0.3) is 0 Å². The molecule has 18 heavy (non-hydrogen) atoms. The predicted octanol–water partition coefficient (Wildman–Crippen LogP) is 2.88. The standard InChI is InChI=1S/C14H15ClO3/c1-8-2-4-17-13(8)12(16)11-7-10(15)6-9-3-5-18-14(9)11/h6-8,13H,2-5H2,1H3. The van der Waals surface area contributed by atoms with Crippen molar-refractivity contribution >= 4 is 17.4 Å². The first-order valence-electron chi connectivity index (χ1n) is 6.28. The number of Topliss-reactive ketones (excluding diaryl/α,β-unsaturated/α-hetero) is 1. The molecule has 2 unspecified atom stereocenters. The van der Waals surface area contributed by atoms with E-state index in [-0.39, 0.29) is 17.8 Å². The number of ketones is 1. The summed E-state index contributed by atoms with van der Waals surface area (Å²) in [5.41, 5.74) is 1.60. The van der Waals surface area contributed by atoms with Gasteiger partial charge in [-0.2, -0.15) is 0 Å². The summed E-state index contributed by atoms with van der Waals surface area (Å²) in [4.78, 5) is 12.5. The van der Waals surface area contributed by atoms with Crippen LogP contribution in [0.4, 0.5) is 0 Å². The van der Waals surface area contributed by atoms with E-state index >= 15 is 0 Å². The molecule has 2 atom stereocenters. The molecule has 0 radical (unpaired) electrons. The van der Waals surface area contributed by atoms with Crippen molar-refractivity contribution in [2.24, 2.45) is 5.92 Å². The molecule has 0 aromatic heterocycles. The van der Waals surface area contributed by atoms with Crippen molar-refractivity contribution in [2.45, 2.75) is 25.9 Å². The van der Waals surface area contributed by atoms with Gasteiger partial charge in [0.25, 0.3) is 0 Å². The topological polar surface area (TPSA) is 35.5 Å². The molecule has 1 aromatic carbocycles. The fourth-order valence-electron chi connectivity index (χ4n) is 2.64. The number of carbonyl (C=O) groups is 1. The molecular weight excluding hydrogens is 252 g/mol. The Bertz CT molecular complexity index is 498. The highest BCUT2D eigenvalue weighted by molar-refractivity contribution is 6.31. The Balaban J connectivity index is 1.99. The maximum atomic E-state index is 12.5. The van der Waals surface area contributed by atoms with Crippen LogP contribution in [0.2, 0.25) is 5.02 Å². The van der Waals surface area contributed by atoms with Crippen molar-refractivity contribution in [3.63, 3.8) is 0 Å². The number of halogens is 1. The molecule has 3 rings (SSSR count). The number of fused-ring (bicyclic) bond motifs is 1. The SMILES string of the molecule is CC1CCOC1C(=O)c1cc(Cl)cc2c1OCC2. The molecule has 0 aliphatic carbocycles. The van der Waals surface area contributed by atoms with Gasteiger partial charge in [0, 0.05) is 18.1 Å². The average Bonchev–Trinajstić information content (AvgIpc) is 2.95. The lowest BCUT2D eigenvalue weighted by molar-refractivity contribution is 0.0576. The van der Waals surface area contributed by atoms with Gasteiger partial charge in [-0.15, -0.1) is 0 Å². The number of rotatable bonds is 2. The molecule has 4 heteroatoms. The summed E-state index contributed by atoms with van der Waals surface area (Å²) in [6, 6.07) is 3.57. The van der Waals surface area contributed by atoms with Crippen molar-refractivity contribution in [3.05, 3.63) is 28.3 Å². The maximum absolute atomic E-state index is 12.5. The Morgan fingerprint density at radius 2 is 2.22 bits per heavy atom. The highest BCUT2D eigenvalue weighted by Crippen LogP contribution is 2.35. The van der Waals surface area contributed by atoms with E-state index in [2.05, 4.69) is 0 Å². The zero-order valence-corrected chi connectivity index (χ0v) is 11.0. The lowest BCUT2D eigenvalue weighted by atomic mass is 9.94. The quantitative estimate of drug-likeness (QED) is 0.772. The van der Waals surface area contributed by atoms with Gasteiger partial charge in [-0.3, -0.25) is 4.79 Å². The fourth-order valence-corrected chi connectivity index (χ4v) is 2.88. The first-order valence-corrected chi connectivity index (χ1v) is 6.65. The molecule has 0 amide bonds. The monoisotopic (exact) mass is 266 g/mol. The van der Waals surface area contributed by atoms with Crippen molar-refractivity contribution in [2.75, 3.05) is 13.2 Å². The number of benzene rings is 1. The van der Waals surface area contributed by atoms with Gasteiger partial charge < -0.3 is 9.47 Å². The molecule has 2 aliphatic heterocycles. The van der Waals surface area contributed by atoms with Gasteiger partial charge in [0.1, 0.15) is 11.9 Å². The van der Waals surface area contributed by atoms with E-state index in [0.717, 1.165) is 18.4 Å². The highest BCUT2D eigenvalue weighted by Gasteiger charge is 2.34. The Kier molecular flexibility index (Phi) is 3.04. The van der Waals surface area contributed by atoms with Crippen LogP contribution >= 0.6 is 11.6 Å². The molecule has 96 valence electrons. The summed E-state index contributed by atoms with van der Waals surface area (Å²) in [6.07, 6.45) is 1.40. The summed E-state index contributed by atoms with van der Waals surface area (Å²) in [6.45, 7) is 3.32. The van der Waals surface area contributed by atoms with Crippen LogP contribution in [-0.2, 0) is 11.2 Å². The van der Waals surface area contributed by atoms with Gasteiger partial charge in [0.2, 0.25) is 0 Å². The fraction of sp³-hybridized carbons (Fsp3) is 0.500. The molecule has 0 saturated carbocycles. The molecule has 2 heterocycles. The summed E-state index contributed by atoms with van der Waals surface area (Å²) < 4.78 is 11.1. The number of hydrogen-bond acceptors (Lipinski definition) is 3. The van der Waals surface area contributed by atoms with Gasteiger partial charge >= 0.3 is 0 Å². The molecule has 0 N–H and O–H groups in total. The molecule has 1 fully saturated rings. The van der Waals surface area contributed by atoms with Gasteiger partial charge in [-0.25, -0.2) is 0 Å². The van der Waals surface area contributed by atoms with Gasteiger partial charge in [-0.05, 0) is 30.0 Å². The predicted molar refractivity (Wildman–Crippen MR) is 68.5 cm³/mol. The van der Waals surface area contributed by atoms with Crippen LogP contribution in [0.15, 0.2) is 12.1 Å². The zero-order chi connectivity index (χ0) is 12.7. The highest BCUT2D eigenvalue weighted by atomic mass is 35.5. The van der Waals surface area contributed by atoms with E-state index in [1.54, 1.807) is 6.07 Å². The molecule has 0 spiro atoms. The Morgan fingerprint density at radius 3 is 2.94 bits per heavy atom. The third-order valence-electron chi connectivity index (χ3n) is 3.66. The summed E-state index contributed by atoms with van der Waals surface area (Å²) in [7, 11) is 0. The first-order chi connectivity index (χ1) is 8.66. The molecule has 1 saturated heterocycles. The number of ether oxygens (including phenoxy) is 2. The van der Waals surface area contributed by atoms with Crippen molar-refractivity contribution < 1.29 is 14.3 Å². The number of carbonyl (C=O) groups excluding carboxylic acids is 1. The second-order valence-electron chi connectivity index (χ2n) is 4.96. The smallest absolute Gasteiger partial charge is 0.195 e. The molecule has 3 nitrogen and oxygen atoms in total. The largest absolute Gasteiger partial charge is 0.492 e. The lowest BCUT2D eigenvalue weighted by Crippen LogP contribution is -2.25. The summed E-state index contributed by atoms with van der Waals surface area (Å²) in [5.74, 6) is 0.960. The zero-order valence-electron chi connectivity index (χ0n) is 10.2. The molecule has 0 bridgehead atoms. The Hall–Kier alpha value is -1.06. The van der Waals surface area contributed by atoms with E-state index in [1.807, 2.05) is 13.0 Å². The van der Waals surface area contributed by atoms with E-state index in [0.29, 0.717) is 29.5 Å². The first kappa shape index (κ1) is 12.0. The third kappa shape index (κ3) is 1.91. The minimum Gasteiger partial charge on any atom is -0.492 e. The average molecular weight is 267 g/mol. The van der Waals surface area contributed by atoms with Crippen molar-refractivity contribution in [3.8, 4) is 5.75 Å². The summed E-state index contributed by atoms with van der Waals surface area (Å²) >= 11 is 6.07. The van der Waals surface area contributed by atoms with Crippen LogP contribution in [0.1, 0.15) is 29.3 Å². The van der Waals surface area contributed by atoms with Gasteiger partial charge in [-0.1, -0.05) is 18.5 Å². The second-order valence-corrected chi connectivity index (χ2v) is 5.40. The van der Waals surface area contributed by atoms with Crippen LogP contribution in [0.3, 0.4) is 0 Å². The second kappa shape index (κ2) is 4.56. The van der Waals surface area contributed by atoms with E-state index in [9.17, 15) is 4.79 Å². The Morgan fingerprint density at radius 1 is 1.39 bits per heavy atom. The normalized spacial score (nSPS) is 25.9. The van der Waals surface area contributed by atoms with Crippen LogP contribution < -0.4 is 4.74 Å². The minimum absolute atomic E-state index is 0.000602.